The molecule has 0 bridgehead atoms. The monoisotopic (exact) mass is 103 g/mol. The molecule has 1 rings (SSSR count). The Hall–Kier alpha value is 0.440. The van der Waals surface area contributed by atoms with Crippen LogP contribution in [0.25, 0.3) is 0 Å². The first-order chi connectivity index (χ1) is 2.50. The second-order valence-electron chi connectivity index (χ2n) is 0.680. The molecule has 2 heteroatoms. The van der Waals surface area contributed by atoms with E-state index in [2.05, 4.69) is 6.08 Å². The van der Waals surface area contributed by atoms with Gasteiger partial charge in [-0.2, -0.15) is 0 Å². The average molecular weight is 103 g/mol. The maximum absolute atomic E-state index is 3.02. The van der Waals surface area contributed by atoms with E-state index in [0.717, 1.165) is 5.75 Å². The van der Waals surface area contributed by atoms with E-state index in [0.29, 0.717) is 0 Å². The van der Waals surface area contributed by atoms with E-state index >= 15 is 0 Å². The van der Waals surface area contributed by atoms with Crippen LogP contribution >= 0.6 is 21.6 Å². The lowest BCUT2D eigenvalue weighted by Crippen LogP contribution is -1.48. The lowest BCUT2D eigenvalue weighted by Gasteiger charge is -1.69. The molecule has 0 N–H and O–H groups in total. The summed E-state index contributed by atoms with van der Waals surface area (Å²) >= 11 is 0. The highest BCUT2D eigenvalue weighted by molar-refractivity contribution is 8.78. The summed E-state index contributed by atoms with van der Waals surface area (Å²) in [5, 5.41) is 1.99. The molecular formula is C3H3S2. The molecule has 0 spiro atoms. The molecule has 0 fully saturated rings. The Balaban J connectivity index is 2.32. The van der Waals surface area contributed by atoms with Gasteiger partial charge in [0.05, 0.1) is 0 Å². The standard InChI is InChI=1S/C3H3S2/c1-2-4-5-3-1/h2H,3H2. The second kappa shape index (κ2) is 1.78. The Labute approximate surface area is 39.4 Å². The molecule has 5 heavy (non-hydrogen) atoms. The van der Waals surface area contributed by atoms with Crippen LogP contribution in [-0.4, -0.2) is 5.75 Å². The summed E-state index contributed by atoms with van der Waals surface area (Å²) in [5.74, 6) is 1.07. The fourth-order valence-corrected chi connectivity index (χ4v) is 1.53. The second-order valence-corrected chi connectivity index (χ2v) is 2.92. The van der Waals surface area contributed by atoms with Gasteiger partial charge in [-0.05, 0) is 11.5 Å². The van der Waals surface area contributed by atoms with Gasteiger partial charge in [0.25, 0.3) is 0 Å². The molecule has 1 radical (unpaired) electrons. The molecule has 0 saturated carbocycles. The van der Waals surface area contributed by atoms with Crippen molar-refractivity contribution in [3.63, 3.8) is 0 Å². The van der Waals surface area contributed by atoms with Gasteiger partial charge in [-0.25, -0.2) is 0 Å². The van der Waals surface area contributed by atoms with E-state index in [1.807, 2.05) is 16.2 Å². The van der Waals surface area contributed by atoms with Crippen molar-refractivity contribution in [3.8, 4) is 0 Å². The van der Waals surface area contributed by atoms with E-state index < -0.39 is 0 Å². The van der Waals surface area contributed by atoms with Crippen molar-refractivity contribution in [2.45, 2.75) is 0 Å². The summed E-state index contributed by atoms with van der Waals surface area (Å²) < 4.78 is 0. The largest absolute Gasteiger partial charge is 0.0847 e. The van der Waals surface area contributed by atoms with Crippen LogP contribution in [0, 0.1) is 6.08 Å². The van der Waals surface area contributed by atoms with Gasteiger partial charge in [-0.1, -0.05) is 21.6 Å². The summed E-state index contributed by atoms with van der Waals surface area (Å²) in [6.45, 7) is 0. The third kappa shape index (κ3) is 0.893. The summed E-state index contributed by atoms with van der Waals surface area (Å²) in [5.41, 5.74) is 0. The zero-order chi connectivity index (χ0) is 3.54. The average Bonchev–Trinajstić information content (AvgIpc) is 1.76. The highest BCUT2D eigenvalue weighted by Crippen LogP contribution is 2.27. The molecule has 0 amide bonds. The molecule has 27 valence electrons. The van der Waals surface area contributed by atoms with E-state index in [9.17, 15) is 0 Å². The third-order valence-electron chi connectivity index (χ3n) is 0.342. The minimum Gasteiger partial charge on any atom is -0.0847 e. The smallest absolute Gasteiger partial charge is 0.0300 e. The van der Waals surface area contributed by atoms with Gasteiger partial charge in [-0.3, -0.25) is 0 Å². The lowest BCUT2D eigenvalue weighted by atomic mass is 10.8. The number of hydrogen-bond acceptors (Lipinski definition) is 2. The molecular weight excluding hydrogens is 100 g/mol. The SMILES string of the molecule is [C]1=CSSC1. The Kier molecular flexibility index (Phi) is 1.29. The molecule has 1 heterocycles. The van der Waals surface area contributed by atoms with Crippen molar-refractivity contribution in [2.24, 2.45) is 0 Å². The fraction of sp³-hybridized carbons (Fsp3) is 0.333. The van der Waals surface area contributed by atoms with Crippen LogP contribution in [0.1, 0.15) is 0 Å². The van der Waals surface area contributed by atoms with Crippen molar-refractivity contribution < 1.29 is 0 Å². The van der Waals surface area contributed by atoms with Gasteiger partial charge >= 0.3 is 0 Å². The molecule has 0 unspecified atom stereocenters. The van der Waals surface area contributed by atoms with E-state index in [-0.39, 0.29) is 0 Å². The highest BCUT2D eigenvalue weighted by atomic mass is 33.1. The minimum atomic E-state index is 1.07. The van der Waals surface area contributed by atoms with Gasteiger partial charge in [0.15, 0.2) is 0 Å². The van der Waals surface area contributed by atoms with E-state index in [1.165, 1.54) is 0 Å². The first-order valence-electron chi connectivity index (χ1n) is 1.33. The maximum atomic E-state index is 3.02. The van der Waals surface area contributed by atoms with E-state index in [1.54, 1.807) is 10.8 Å². The highest BCUT2D eigenvalue weighted by Gasteiger charge is 1.86. The molecule has 0 aromatic heterocycles. The number of hydrogen-bond donors (Lipinski definition) is 0. The topological polar surface area (TPSA) is 0 Å². The van der Waals surface area contributed by atoms with Gasteiger partial charge in [0.1, 0.15) is 0 Å². The van der Waals surface area contributed by atoms with Crippen LogP contribution in [0.2, 0.25) is 0 Å². The number of rotatable bonds is 0. The summed E-state index contributed by atoms with van der Waals surface area (Å²) in [6.07, 6.45) is 3.02. The van der Waals surface area contributed by atoms with Gasteiger partial charge < -0.3 is 0 Å². The maximum Gasteiger partial charge on any atom is 0.0300 e. The quantitative estimate of drug-likeness (QED) is 0.428. The summed E-state index contributed by atoms with van der Waals surface area (Å²) in [6, 6.07) is 0. The lowest BCUT2D eigenvalue weighted by molar-refractivity contribution is 1.75. The summed E-state index contributed by atoms with van der Waals surface area (Å²) in [4.78, 5) is 0. The zero-order valence-corrected chi connectivity index (χ0v) is 4.23. The third-order valence-corrected chi connectivity index (χ3v) is 2.08. The molecule has 0 nitrogen and oxygen atoms in total. The minimum absolute atomic E-state index is 1.07. The first kappa shape index (κ1) is 3.62. The van der Waals surface area contributed by atoms with Crippen molar-refractivity contribution in [2.75, 3.05) is 5.75 Å². The summed E-state index contributed by atoms with van der Waals surface area (Å²) in [7, 11) is 3.58. The molecule has 0 atom stereocenters. The van der Waals surface area contributed by atoms with Crippen LogP contribution in [0.4, 0.5) is 0 Å². The predicted molar refractivity (Wildman–Crippen MR) is 27.9 cm³/mol. The molecule has 1 aliphatic rings. The molecule has 1 aliphatic heterocycles. The Morgan fingerprint density at radius 1 is 1.80 bits per heavy atom. The molecule has 0 aromatic carbocycles. The van der Waals surface area contributed by atoms with Gasteiger partial charge in [-0.15, -0.1) is 0 Å². The van der Waals surface area contributed by atoms with Crippen LogP contribution in [0.5, 0.6) is 0 Å². The van der Waals surface area contributed by atoms with Crippen LogP contribution in [0.15, 0.2) is 5.41 Å². The zero-order valence-electron chi connectivity index (χ0n) is 2.60. The van der Waals surface area contributed by atoms with Crippen LogP contribution in [-0.2, 0) is 0 Å². The van der Waals surface area contributed by atoms with Crippen molar-refractivity contribution in [1.82, 2.24) is 0 Å². The van der Waals surface area contributed by atoms with E-state index in [4.69, 9.17) is 0 Å². The fourth-order valence-electron chi connectivity index (χ4n) is 0.170. The Bertz CT molecular complexity index is 42.9. The molecule has 0 aromatic rings. The van der Waals surface area contributed by atoms with Crippen LogP contribution < -0.4 is 0 Å². The van der Waals surface area contributed by atoms with Crippen molar-refractivity contribution in [3.05, 3.63) is 11.5 Å². The Morgan fingerprint density at radius 3 is 3.00 bits per heavy atom. The normalized spacial score (nSPS) is 20.8. The van der Waals surface area contributed by atoms with Gasteiger partial charge in [0.2, 0.25) is 0 Å². The molecule has 0 saturated heterocycles. The van der Waals surface area contributed by atoms with Crippen molar-refractivity contribution in [1.29, 1.82) is 0 Å². The molecule has 0 aliphatic carbocycles. The van der Waals surface area contributed by atoms with Crippen molar-refractivity contribution >= 4 is 21.6 Å². The predicted octanol–water partition coefficient (Wildman–Crippen LogP) is 1.70. The Morgan fingerprint density at radius 2 is 2.80 bits per heavy atom. The van der Waals surface area contributed by atoms with Gasteiger partial charge in [0, 0.05) is 5.75 Å². The van der Waals surface area contributed by atoms with Crippen LogP contribution in [0.3, 0.4) is 0 Å². The first-order valence-corrected chi connectivity index (χ1v) is 3.72.